The molecule has 0 bridgehead atoms. The van der Waals surface area contributed by atoms with E-state index in [1.807, 2.05) is 43.3 Å². The zero-order valence-corrected chi connectivity index (χ0v) is 14.7. The molecule has 1 aromatic heterocycles. The van der Waals surface area contributed by atoms with Crippen LogP contribution in [0, 0.1) is 6.92 Å². The second-order valence-electron chi connectivity index (χ2n) is 6.46. The average molecular weight is 334 g/mol. The molecule has 1 heterocycles. The quantitative estimate of drug-likeness (QED) is 0.775. The van der Waals surface area contributed by atoms with Gasteiger partial charge in [-0.15, -0.1) is 5.10 Å². The zero-order chi connectivity index (χ0) is 17.8. The highest BCUT2D eigenvalue weighted by Gasteiger charge is 2.11. The molecule has 0 aliphatic rings. The number of nitrogens with one attached hydrogen (secondary N) is 1. The van der Waals surface area contributed by atoms with Gasteiger partial charge in [0.1, 0.15) is 0 Å². The van der Waals surface area contributed by atoms with Crippen molar-refractivity contribution in [3.05, 3.63) is 77.1 Å². The van der Waals surface area contributed by atoms with E-state index < -0.39 is 0 Å². The molecular weight excluding hydrogens is 312 g/mol. The number of benzene rings is 2. The van der Waals surface area contributed by atoms with Gasteiger partial charge in [0.25, 0.3) is 5.91 Å². The van der Waals surface area contributed by atoms with Crippen molar-refractivity contribution in [2.24, 2.45) is 0 Å². The third kappa shape index (κ3) is 4.12. The summed E-state index contributed by atoms with van der Waals surface area (Å²) in [6, 6.07) is 16.2. The second-order valence-corrected chi connectivity index (χ2v) is 6.46. The maximum absolute atomic E-state index is 12.3. The van der Waals surface area contributed by atoms with Crippen LogP contribution >= 0.6 is 0 Å². The first-order valence-electron chi connectivity index (χ1n) is 8.39. The summed E-state index contributed by atoms with van der Waals surface area (Å²) in [5.41, 5.74) is 4.70. The Labute approximate surface area is 147 Å². The Hall–Kier alpha value is -2.95. The highest BCUT2D eigenvalue weighted by molar-refractivity contribution is 5.91. The summed E-state index contributed by atoms with van der Waals surface area (Å²) in [4.78, 5) is 12.3. The monoisotopic (exact) mass is 334 g/mol. The van der Waals surface area contributed by atoms with Crippen molar-refractivity contribution in [3.63, 3.8) is 0 Å². The highest BCUT2D eigenvalue weighted by atomic mass is 16.2. The van der Waals surface area contributed by atoms with Gasteiger partial charge >= 0.3 is 0 Å². The van der Waals surface area contributed by atoms with Crippen molar-refractivity contribution in [1.82, 2.24) is 20.3 Å². The Morgan fingerprint density at radius 1 is 1.08 bits per heavy atom. The van der Waals surface area contributed by atoms with Gasteiger partial charge in [0.05, 0.1) is 11.9 Å². The van der Waals surface area contributed by atoms with Crippen LogP contribution in [0.1, 0.15) is 46.9 Å². The first-order chi connectivity index (χ1) is 12.0. The van der Waals surface area contributed by atoms with E-state index in [0.29, 0.717) is 18.2 Å². The second kappa shape index (κ2) is 7.30. The Bertz CT molecular complexity index is 848. The summed E-state index contributed by atoms with van der Waals surface area (Å²) in [5.74, 6) is 0.270. The van der Waals surface area contributed by atoms with Crippen molar-refractivity contribution < 1.29 is 4.79 Å². The van der Waals surface area contributed by atoms with Crippen LogP contribution in [0.5, 0.6) is 0 Å². The van der Waals surface area contributed by atoms with Crippen molar-refractivity contribution in [1.29, 1.82) is 0 Å². The number of carbonyl (C=O) groups is 1. The summed E-state index contributed by atoms with van der Waals surface area (Å²) >= 11 is 0. The number of amides is 1. The predicted molar refractivity (Wildman–Crippen MR) is 97.8 cm³/mol. The van der Waals surface area contributed by atoms with Crippen LogP contribution < -0.4 is 5.32 Å². The predicted octanol–water partition coefficient (Wildman–Crippen LogP) is 3.63. The van der Waals surface area contributed by atoms with Gasteiger partial charge in [0.15, 0.2) is 5.69 Å². The molecule has 25 heavy (non-hydrogen) atoms. The van der Waals surface area contributed by atoms with Crippen LogP contribution in [0.25, 0.3) is 5.69 Å². The molecule has 0 radical (unpaired) electrons. The molecule has 1 N–H and O–H groups in total. The molecule has 0 unspecified atom stereocenters. The Kier molecular flexibility index (Phi) is 4.93. The van der Waals surface area contributed by atoms with Crippen LogP contribution in [-0.2, 0) is 6.54 Å². The van der Waals surface area contributed by atoms with Crippen LogP contribution in [0.3, 0.4) is 0 Å². The molecule has 0 aliphatic heterocycles. The molecule has 128 valence electrons. The first kappa shape index (κ1) is 16.9. The fourth-order valence-electron chi connectivity index (χ4n) is 2.48. The van der Waals surface area contributed by atoms with Crippen molar-refractivity contribution in [2.75, 3.05) is 0 Å². The molecule has 0 atom stereocenters. The number of nitrogens with zero attached hydrogens (tertiary/aromatic N) is 3. The number of hydrogen-bond donors (Lipinski definition) is 1. The van der Waals surface area contributed by atoms with Gasteiger partial charge in [-0.2, -0.15) is 0 Å². The first-order valence-corrected chi connectivity index (χ1v) is 8.39. The standard InChI is InChI=1S/C20H22N4O/c1-14(2)17-8-6-16(7-9-17)12-21-20(25)19-13-24(23-22-19)18-10-4-15(3)5-11-18/h4-11,13-14H,12H2,1-3H3,(H,21,25). The minimum absolute atomic E-state index is 0.230. The topological polar surface area (TPSA) is 59.8 Å². The summed E-state index contributed by atoms with van der Waals surface area (Å²) in [6.45, 7) is 6.81. The molecule has 0 spiro atoms. The maximum atomic E-state index is 12.3. The largest absolute Gasteiger partial charge is 0.347 e. The number of aromatic nitrogens is 3. The van der Waals surface area contributed by atoms with Gasteiger partial charge in [0, 0.05) is 6.54 Å². The maximum Gasteiger partial charge on any atom is 0.273 e. The van der Waals surface area contributed by atoms with E-state index in [4.69, 9.17) is 0 Å². The summed E-state index contributed by atoms with van der Waals surface area (Å²) in [7, 11) is 0. The summed E-state index contributed by atoms with van der Waals surface area (Å²) in [5, 5.41) is 10.9. The summed E-state index contributed by atoms with van der Waals surface area (Å²) in [6.07, 6.45) is 1.64. The Morgan fingerprint density at radius 2 is 1.76 bits per heavy atom. The third-order valence-electron chi connectivity index (χ3n) is 4.12. The van der Waals surface area contributed by atoms with Crippen LogP contribution in [-0.4, -0.2) is 20.9 Å². The number of hydrogen-bond acceptors (Lipinski definition) is 3. The lowest BCUT2D eigenvalue weighted by atomic mass is 10.0. The lowest BCUT2D eigenvalue weighted by molar-refractivity contribution is 0.0946. The van der Waals surface area contributed by atoms with E-state index in [0.717, 1.165) is 11.3 Å². The molecule has 3 rings (SSSR count). The van der Waals surface area contributed by atoms with E-state index in [9.17, 15) is 4.79 Å². The molecule has 2 aromatic carbocycles. The molecule has 3 aromatic rings. The number of aryl methyl sites for hydroxylation is 1. The highest BCUT2D eigenvalue weighted by Crippen LogP contribution is 2.14. The molecule has 5 nitrogen and oxygen atoms in total. The zero-order valence-electron chi connectivity index (χ0n) is 14.7. The SMILES string of the molecule is Cc1ccc(-n2cc(C(=O)NCc3ccc(C(C)C)cc3)nn2)cc1. The Balaban J connectivity index is 1.63. The van der Waals surface area contributed by atoms with E-state index in [1.54, 1.807) is 10.9 Å². The lowest BCUT2D eigenvalue weighted by Crippen LogP contribution is -2.23. The number of carbonyl (C=O) groups excluding carboxylic acids is 1. The van der Waals surface area contributed by atoms with Crippen LogP contribution in [0.15, 0.2) is 54.7 Å². The average Bonchev–Trinajstić information content (AvgIpc) is 3.11. The molecule has 1 amide bonds. The van der Waals surface area contributed by atoms with Crippen LogP contribution in [0.2, 0.25) is 0 Å². The molecule has 5 heteroatoms. The van der Waals surface area contributed by atoms with Gasteiger partial charge in [-0.3, -0.25) is 4.79 Å². The van der Waals surface area contributed by atoms with Gasteiger partial charge in [-0.25, -0.2) is 4.68 Å². The van der Waals surface area contributed by atoms with Gasteiger partial charge < -0.3 is 5.32 Å². The van der Waals surface area contributed by atoms with Gasteiger partial charge in [-0.05, 0) is 36.1 Å². The van der Waals surface area contributed by atoms with E-state index in [-0.39, 0.29) is 5.91 Å². The fourth-order valence-corrected chi connectivity index (χ4v) is 2.48. The molecule has 0 aliphatic carbocycles. The molecular formula is C20H22N4O. The molecule has 0 fully saturated rings. The Morgan fingerprint density at radius 3 is 2.40 bits per heavy atom. The van der Waals surface area contributed by atoms with Crippen molar-refractivity contribution >= 4 is 5.91 Å². The lowest BCUT2D eigenvalue weighted by Gasteiger charge is -2.07. The molecule has 0 saturated heterocycles. The number of rotatable bonds is 5. The fraction of sp³-hybridized carbons (Fsp3) is 0.250. The van der Waals surface area contributed by atoms with Gasteiger partial charge in [0.2, 0.25) is 0 Å². The van der Waals surface area contributed by atoms with Crippen molar-refractivity contribution in [2.45, 2.75) is 33.2 Å². The van der Waals surface area contributed by atoms with Gasteiger partial charge in [-0.1, -0.05) is 61.0 Å². The van der Waals surface area contributed by atoms with E-state index in [1.165, 1.54) is 11.1 Å². The smallest absolute Gasteiger partial charge is 0.273 e. The van der Waals surface area contributed by atoms with Crippen LogP contribution in [0.4, 0.5) is 0 Å². The molecule has 0 saturated carbocycles. The van der Waals surface area contributed by atoms with E-state index in [2.05, 4.69) is 41.6 Å². The minimum atomic E-state index is -0.230. The van der Waals surface area contributed by atoms with Crippen molar-refractivity contribution in [3.8, 4) is 5.69 Å². The normalized spacial score (nSPS) is 10.9. The minimum Gasteiger partial charge on any atom is -0.347 e. The summed E-state index contributed by atoms with van der Waals surface area (Å²) < 4.78 is 1.60. The van der Waals surface area contributed by atoms with E-state index >= 15 is 0 Å². The third-order valence-corrected chi connectivity index (χ3v) is 4.12.